The lowest BCUT2D eigenvalue weighted by atomic mass is 9.98. The van der Waals surface area contributed by atoms with Gasteiger partial charge in [0.25, 0.3) is 0 Å². The molecule has 1 unspecified atom stereocenters. The average Bonchev–Trinajstić information content (AvgIpc) is 3.42. The van der Waals surface area contributed by atoms with Crippen molar-refractivity contribution in [2.45, 2.75) is 51.3 Å². The zero-order valence-corrected chi connectivity index (χ0v) is 16.6. The summed E-state index contributed by atoms with van der Waals surface area (Å²) in [4.78, 5) is 4.55. The Labute approximate surface area is 153 Å². The molecule has 0 spiro atoms. The molecule has 1 saturated carbocycles. The maximum Gasteiger partial charge on any atom is 0.221 e. The average molecular weight is 361 g/mol. The fourth-order valence-electron chi connectivity index (χ4n) is 3.41. The van der Waals surface area contributed by atoms with E-state index in [1.54, 1.807) is 7.11 Å². The van der Waals surface area contributed by atoms with E-state index in [0.29, 0.717) is 11.8 Å². The van der Waals surface area contributed by atoms with Gasteiger partial charge in [0.2, 0.25) is 5.88 Å². The smallest absolute Gasteiger partial charge is 0.221 e. The third kappa shape index (κ3) is 3.64. The molecule has 2 atom stereocenters. The normalized spacial score (nSPS) is 17.7. The number of benzene rings is 1. The van der Waals surface area contributed by atoms with Crippen LogP contribution < -0.4 is 4.74 Å². The van der Waals surface area contributed by atoms with Crippen LogP contribution in [0.1, 0.15) is 52.1 Å². The second kappa shape index (κ2) is 7.14. The Kier molecular flexibility index (Phi) is 5.28. The Bertz CT molecular complexity index is 740. The van der Waals surface area contributed by atoms with Gasteiger partial charge in [-0.05, 0) is 57.9 Å². The summed E-state index contributed by atoms with van der Waals surface area (Å²) in [5.74, 6) is 1.19. The van der Waals surface area contributed by atoms with E-state index >= 15 is 0 Å². The van der Waals surface area contributed by atoms with Crippen LogP contribution in [0.3, 0.4) is 0 Å². The lowest BCUT2D eigenvalue weighted by Crippen LogP contribution is -2.45. The third-order valence-electron chi connectivity index (χ3n) is 4.73. The highest BCUT2D eigenvalue weighted by atomic mass is 32.2. The third-order valence-corrected chi connectivity index (χ3v) is 6.69. The van der Waals surface area contributed by atoms with Gasteiger partial charge in [0.05, 0.1) is 13.2 Å². The predicted octanol–water partition coefficient (Wildman–Crippen LogP) is 4.48. The number of aromatic nitrogens is 1. The minimum absolute atomic E-state index is 0.133. The van der Waals surface area contributed by atoms with Gasteiger partial charge in [-0.3, -0.25) is 0 Å². The van der Waals surface area contributed by atoms with Gasteiger partial charge in [0.15, 0.2) is 0 Å². The number of fused-ring (bicyclic) bond motifs is 1. The highest BCUT2D eigenvalue weighted by Gasteiger charge is 2.45. The lowest BCUT2D eigenvalue weighted by molar-refractivity contribution is 0.299. The van der Waals surface area contributed by atoms with Crippen molar-refractivity contribution in [1.82, 2.24) is 9.29 Å². The summed E-state index contributed by atoms with van der Waals surface area (Å²) >= 11 is -1.06. The van der Waals surface area contributed by atoms with Crippen LogP contribution in [0.4, 0.5) is 0 Å². The van der Waals surface area contributed by atoms with Crippen molar-refractivity contribution in [1.29, 1.82) is 0 Å². The molecule has 1 aliphatic carbocycles. The first-order valence-corrected chi connectivity index (χ1v) is 10.1. The molecule has 0 saturated heterocycles. The molecule has 1 aromatic carbocycles. The van der Waals surface area contributed by atoms with Gasteiger partial charge in [-0.2, -0.15) is 0 Å². The summed E-state index contributed by atoms with van der Waals surface area (Å²) in [6, 6.07) is 8.36. The van der Waals surface area contributed by atoms with E-state index in [4.69, 9.17) is 4.74 Å². The van der Waals surface area contributed by atoms with Gasteiger partial charge in [-0.15, -0.1) is 4.31 Å². The topological polar surface area (TPSA) is 48.4 Å². The number of pyridine rings is 1. The van der Waals surface area contributed by atoms with Crippen LogP contribution in [0.2, 0.25) is 0 Å². The molecule has 0 radical (unpaired) electrons. The quantitative estimate of drug-likeness (QED) is 0.713. The van der Waals surface area contributed by atoms with E-state index in [0.717, 1.165) is 17.3 Å². The first-order chi connectivity index (χ1) is 11.9. The molecule has 4 nitrogen and oxygen atoms in total. The largest absolute Gasteiger partial charge is 0.597 e. The lowest BCUT2D eigenvalue weighted by Gasteiger charge is -2.37. The standard InChI is InChI=1S/C20H28N2O2S/c1-6-22(25(23)20(2,3)4)18(14-11-12-14)17-13-21-19(24-5)16-10-8-7-9-15(16)17/h7-10,13-14,18H,6,11-12H2,1-5H3/t18-,25?/m0/s1. The van der Waals surface area contributed by atoms with Crippen LogP contribution in [0.15, 0.2) is 30.5 Å². The van der Waals surface area contributed by atoms with Crippen molar-refractivity contribution in [3.8, 4) is 5.88 Å². The van der Waals surface area contributed by atoms with Crippen LogP contribution in [0.5, 0.6) is 5.88 Å². The highest BCUT2D eigenvalue weighted by Crippen LogP contribution is 2.48. The van der Waals surface area contributed by atoms with Crippen LogP contribution in [-0.4, -0.2) is 32.2 Å². The summed E-state index contributed by atoms with van der Waals surface area (Å²) in [6.07, 6.45) is 4.29. The summed E-state index contributed by atoms with van der Waals surface area (Å²) in [7, 11) is 1.65. The fraction of sp³-hybridized carbons (Fsp3) is 0.550. The van der Waals surface area contributed by atoms with Crippen LogP contribution in [0.25, 0.3) is 10.8 Å². The molecule has 0 N–H and O–H groups in total. The van der Waals surface area contributed by atoms with Crippen molar-refractivity contribution in [2.24, 2.45) is 5.92 Å². The van der Waals surface area contributed by atoms with E-state index in [9.17, 15) is 4.55 Å². The summed E-state index contributed by atoms with van der Waals surface area (Å²) in [5.41, 5.74) is 1.17. The Morgan fingerprint density at radius 2 is 1.92 bits per heavy atom. The Hall–Kier alpha value is -1.30. The van der Waals surface area contributed by atoms with Crippen molar-refractivity contribution in [3.05, 3.63) is 36.0 Å². The maximum atomic E-state index is 13.2. The monoisotopic (exact) mass is 360 g/mol. The summed E-state index contributed by atoms with van der Waals surface area (Å²) in [5, 5.41) is 2.17. The minimum atomic E-state index is -1.06. The van der Waals surface area contributed by atoms with Crippen molar-refractivity contribution >= 4 is 22.1 Å². The molecule has 1 fully saturated rings. The SMILES string of the molecule is CCN([C@H](c1cnc(OC)c2ccccc12)C1CC1)[S+]([O-])C(C)(C)C. The molecule has 1 heterocycles. The Morgan fingerprint density at radius 1 is 1.28 bits per heavy atom. The number of hydrogen-bond acceptors (Lipinski definition) is 4. The molecule has 0 aliphatic heterocycles. The van der Waals surface area contributed by atoms with Gasteiger partial charge >= 0.3 is 0 Å². The zero-order valence-electron chi connectivity index (χ0n) is 15.8. The first-order valence-electron chi connectivity index (χ1n) is 8.98. The van der Waals surface area contributed by atoms with Gasteiger partial charge in [-0.1, -0.05) is 18.2 Å². The number of rotatable bonds is 6. The van der Waals surface area contributed by atoms with Gasteiger partial charge in [-0.25, -0.2) is 4.98 Å². The second-order valence-electron chi connectivity index (χ2n) is 7.65. The summed E-state index contributed by atoms with van der Waals surface area (Å²) in [6.45, 7) is 8.98. The number of hydrogen-bond donors (Lipinski definition) is 0. The molecule has 2 aromatic rings. The van der Waals surface area contributed by atoms with Gasteiger partial charge < -0.3 is 9.29 Å². The molecule has 136 valence electrons. The molecule has 1 aromatic heterocycles. The van der Waals surface area contributed by atoms with E-state index < -0.39 is 11.4 Å². The number of nitrogens with zero attached hydrogens (tertiary/aromatic N) is 2. The molecule has 0 bridgehead atoms. The Morgan fingerprint density at radius 3 is 2.44 bits per heavy atom. The van der Waals surface area contributed by atoms with Gasteiger partial charge in [0, 0.05) is 35.1 Å². The van der Waals surface area contributed by atoms with Crippen molar-refractivity contribution in [2.75, 3.05) is 13.7 Å². The van der Waals surface area contributed by atoms with Gasteiger partial charge in [0.1, 0.15) is 4.75 Å². The first kappa shape index (κ1) is 18.5. The molecule has 0 amide bonds. The van der Waals surface area contributed by atoms with Crippen molar-refractivity contribution in [3.63, 3.8) is 0 Å². The minimum Gasteiger partial charge on any atom is -0.597 e. The fourth-order valence-corrected chi connectivity index (χ4v) is 4.84. The molecule has 25 heavy (non-hydrogen) atoms. The predicted molar refractivity (Wildman–Crippen MR) is 104 cm³/mol. The Balaban J connectivity index is 2.12. The highest BCUT2D eigenvalue weighted by molar-refractivity contribution is 7.90. The second-order valence-corrected chi connectivity index (χ2v) is 9.84. The van der Waals surface area contributed by atoms with Crippen LogP contribution in [0, 0.1) is 5.92 Å². The molecular weight excluding hydrogens is 332 g/mol. The van der Waals surface area contributed by atoms with E-state index in [1.807, 2.05) is 45.2 Å². The van der Waals surface area contributed by atoms with E-state index in [-0.39, 0.29) is 10.8 Å². The maximum absolute atomic E-state index is 13.2. The van der Waals surface area contributed by atoms with Crippen molar-refractivity contribution < 1.29 is 9.29 Å². The van der Waals surface area contributed by atoms with Crippen LogP contribution >= 0.6 is 0 Å². The molecular formula is C20H28N2O2S. The number of methoxy groups -OCH3 is 1. The van der Waals surface area contributed by atoms with Crippen LogP contribution in [-0.2, 0) is 11.4 Å². The van der Waals surface area contributed by atoms with E-state index in [1.165, 1.54) is 18.4 Å². The zero-order chi connectivity index (χ0) is 18.2. The molecule has 5 heteroatoms. The number of ether oxygens (including phenoxy) is 1. The molecule has 1 aliphatic rings. The van der Waals surface area contributed by atoms with E-state index in [2.05, 4.69) is 22.3 Å². The summed E-state index contributed by atoms with van der Waals surface area (Å²) < 4.78 is 20.5. The molecule has 3 rings (SSSR count).